The van der Waals surface area contributed by atoms with E-state index in [-0.39, 0.29) is 4.83 Å². The second-order valence-electron chi connectivity index (χ2n) is 5.29. The first kappa shape index (κ1) is 12.8. The molecule has 1 aromatic heterocycles. The van der Waals surface area contributed by atoms with Gasteiger partial charge in [0.1, 0.15) is 5.78 Å². The molecule has 0 amide bonds. The lowest BCUT2D eigenvalue weighted by molar-refractivity contribution is -0.119. The third-order valence-electron chi connectivity index (χ3n) is 3.63. The summed E-state index contributed by atoms with van der Waals surface area (Å²) in [6.07, 6.45) is 2.85. The quantitative estimate of drug-likeness (QED) is 0.802. The molecule has 0 aliphatic heterocycles. The van der Waals surface area contributed by atoms with Gasteiger partial charge in [-0.25, -0.2) is 0 Å². The average Bonchev–Trinajstić information content (AvgIpc) is 3.23. The second-order valence-corrected chi connectivity index (χ2v) is 6.40. The molecule has 1 fully saturated rings. The Balaban J connectivity index is 1.91. The lowest BCUT2D eigenvalue weighted by atomic mass is 10.0. The molecule has 0 radical (unpaired) electrons. The first-order valence-electron chi connectivity index (χ1n) is 6.68. The zero-order valence-corrected chi connectivity index (χ0v) is 12.5. The van der Waals surface area contributed by atoms with Crippen molar-refractivity contribution in [2.45, 2.75) is 31.0 Å². The van der Waals surface area contributed by atoms with Crippen molar-refractivity contribution in [3.05, 3.63) is 41.6 Å². The van der Waals surface area contributed by atoms with Crippen LogP contribution < -0.4 is 0 Å². The number of rotatable bonds is 4. The van der Waals surface area contributed by atoms with E-state index in [1.165, 1.54) is 0 Å². The number of aryl methyl sites for hydroxylation is 1. The number of carbonyl (C=O) groups is 1. The largest absolute Gasteiger partial charge is 0.298 e. The van der Waals surface area contributed by atoms with E-state index >= 15 is 0 Å². The molecule has 1 unspecified atom stereocenters. The van der Waals surface area contributed by atoms with E-state index in [9.17, 15) is 4.79 Å². The molecule has 2 aromatic rings. The molecule has 0 bridgehead atoms. The zero-order valence-electron chi connectivity index (χ0n) is 10.9. The minimum Gasteiger partial charge on any atom is -0.298 e. The molecule has 2 nitrogen and oxygen atoms in total. The number of Topliss-reactive ketones (excluding diaryl/α,β-unsaturated/α-hetero) is 1. The number of benzene rings is 1. The highest BCUT2D eigenvalue weighted by atomic mass is 79.9. The van der Waals surface area contributed by atoms with Crippen molar-refractivity contribution in [1.82, 2.24) is 4.98 Å². The second kappa shape index (κ2) is 5.04. The van der Waals surface area contributed by atoms with E-state index in [4.69, 9.17) is 0 Å². The molecule has 1 heterocycles. The molecule has 1 atom stereocenters. The minimum atomic E-state index is -0.0760. The molecule has 0 saturated heterocycles. The Labute approximate surface area is 121 Å². The Hall–Kier alpha value is -1.22. The number of carbonyl (C=O) groups excluding carboxylic acids is 1. The number of pyridine rings is 1. The van der Waals surface area contributed by atoms with Gasteiger partial charge in [0.15, 0.2) is 0 Å². The first-order chi connectivity index (χ1) is 9.15. The smallest absolute Gasteiger partial charge is 0.149 e. The van der Waals surface area contributed by atoms with Crippen molar-refractivity contribution in [2.75, 3.05) is 0 Å². The van der Waals surface area contributed by atoms with Crippen LogP contribution in [0.3, 0.4) is 0 Å². The summed E-state index contributed by atoms with van der Waals surface area (Å²) in [6, 6.07) is 10.3. The summed E-state index contributed by atoms with van der Waals surface area (Å²) < 4.78 is 0. The molecule has 19 heavy (non-hydrogen) atoms. The van der Waals surface area contributed by atoms with Gasteiger partial charge >= 0.3 is 0 Å². The normalized spacial score (nSPS) is 16.5. The predicted molar refractivity (Wildman–Crippen MR) is 80.6 cm³/mol. The number of hydrogen-bond donors (Lipinski definition) is 0. The van der Waals surface area contributed by atoms with E-state index < -0.39 is 0 Å². The summed E-state index contributed by atoms with van der Waals surface area (Å²) in [5.74, 6) is 0.652. The third kappa shape index (κ3) is 2.71. The molecular formula is C16H16BrNO. The number of aromatic nitrogens is 1. The number of nitrogens with zero attached hydrogens (tertiary/aromatic N) is 1. The van der Waals surface area contributed by atoms with Crippen molar-refractivity contribution in [3.63, 3.8) is 0 Å². The Morgan fingerprint density at radius 1 is 1.37 bits per heavy atom. The fraction of sp³-hybridized carbons (Fsp3) is 0.375. The molecule has 1 aliphatic carbocycles. The number of alkyl halides is 1. The highest BCUT2D eigenvalue weighted by molar-refractivity contribution is 9.10. The van der Waals surface area contributed by atoms with Crippen molar-refractivity contribution in [1.29, 1.82) is 0 Å². The van der Waals surface area contributed by atoms with E-state index in [0.717, 1.165) is 41.4 Å². The fourth-order valence-electron chi connectivity index (χ4n) is 2.39. The Morgan fingerprint density at radius 2 is 2.16 bits per heavy atom. The summed E-state index contributed by atoms with van der Waals surface area (Å²) in [4.78, 5) is 16.6. The van der Waals surface area contributed by atoms with Crippen molar-refractivity contribution >= 4 is 32.6 Å². The van der Waals surface area contributed by atoms with Gasteiger partial charge in [-0.05, 0) is 37.8 Å². The molecular weight excluding hydrogens is 302 g/mol. The number of fused-ring (bicyclic) bond motifs is 1. The number of para-hydroxylation sites is 1. The average molecular weight is 318 g/mol. The molecule has 3 heteroatoms. The predicted octanol–water partition coefficient (Wildman–Crippen LogP) is 3.83. The topological polar surface area (TPSA) is 30.0 Å². The third-order valence-corrected chi connectivity index (χ3v) is 4.41. The molecule has 0 spiro atoms. The van der Waals surface area contributed by atoms with Gasteiger partial charge < -0.3 is 0 Å². The summed E-state index contributed by atoms with van der Waals surface area (Å²) in [5.41, 5.74) is 3.19. The number of halogens is 1. The fourth-order valence-corrected chi connectivity index (χ4v) is 3.11. The minimum absolute atomic E-state index is 0.0760. The highest BCUT2D eigenvalue weighted by Gasteiger charge is 2.33. The Morgan fingerprint density at radius 3 is 2.89 bits per heavy atom. The van der Waals surface area contributed by atoms with Gasteiger partial charge in [0.25, 0.3) is 0 Å². The van der Waals surface area contributed by atoms with Crippen LogP contribution in [0.15, 0.2) is 30.3 Å². The van der Waals surface area contributed by atoms with Crippen molar-refractivity contribution in [2.24, 2.45) is 5.92 Å². The number of hydrogen-bond acceptors (Lipinski definition) is 2. The maximum Gasteiger partial charge on any atom is 0.149 e. The van der Waals surface area contributed by atoms with Gasteiger partial charge in [0.2, 0.25) is 0 Å². The van der Waals surface area contributed by atoms with Crippen LogP contribution in [0, 0.1) is 12.8 Å². The number of ketones is 1. The molecule has 1 aromatic carbocycles. The van der Waals surface area contributed by atoms with Gasteiger partial charge in [-0.3, -0.25) is 9.78 Å². The van der Waals surface area contributed by atoms with Gasteiger partial charge in [-0.2, -0.15) is 0 Å². The van der Waals surface area contributed by atoms with E-state index in [1.54, 1.807) is 0 Å². The summed E-state index contributed by atoms with van der Waals surface area (Å²) in [7, 11) is 0. The molecule has 1 aliphatic rings. The van der Waals surface area contributed by atoms with Crippen molar-refractivity contribution in [3.8, 4) is 0 Å². The van der Waals surface area contributed by atoms with Gasteiger partial charge in [-0.1, -0.05) is 40.2 Å². The van der Waals surface area contributed by atoms with Crippen LogP contribution >= 0.6 is 15.9 Å². The van der Waals surface area contributed by atoms with Crippen LogP contribution in [0.2, 0.25) is 0 Å². The van der Waals surface area contributed by atoms with E-state index in [0.29, 0.717) is 11.7 Å². The zero-order chi connectivity index (χ0) is 13.4. The molecule has 0 N–H and O–H groups in total. The SMILES string of the molecule is Cc1ccc2cccc(CC(Br)C(=O)C3CC3)c2n1. The highest BCUT2D eigenvalue weighted by Crippen LogP contribution is 2.33. The first-order valence-corrected chi connectivity index (χ1v) is 7.60. The molecule has 98 valence electrons. The van der Waals surface area contributed by atoms with Gasteiger partial charge in [0.05, 0.1) is 10.3 Å². The van der Waals surface area contributed by atoms with Crippen LogP contribution in [0.1, 0.15) is 24.1 Å². The maximum absolute atomic E-state index is 12.0. The van der Waals surface area contributed by atoms with Crippen molar-refractivity contribution < 1.29 is 4.79 Å². The Bertz CT molecular complexity index is 634. The van der Waals surface area contributed by atoms with Crippen LogP contribution in [0.4, 0.5) is 0 Å². The van der Waals surface area contributed by atoms with Crippen LogP contribution in [0.25, 0.3) is 10.9 Å². The summed E-state index contributed by atoms with van der Waals surface area (Å²) in [5, 5.41) is 1.14. The molecule has 1 saturated carbocycles. The van der Waals surface area contributed by atoms with Crippen LogP contribution in [0.5, 0.6) is 0 Å². The molecule has 3 rings (SSSR count). The van der Waals surface area contributed by atoms with Crippen LogP contribution in [-0.2, 0) is 11.2 Å². The van der Waals surface area contributed by atoms with E-state index in [2.05, 4.69) is 39.1 Å². The standard InChI is InChI=1S/C16H16BrNO/c1-10-5-6-11-3-2-4-13(15(11)18-10)9-14(17)16(19)12-7-8-12/h2-6,12,14H,7-9H2,1H3. The van der Waals surface area contributed by atoms with E-state index in [1.807, 2.05) is 19.1 Å². The Kier molecular flexibility index (Phi) is 3.40. The van der Waals surface area contributed by atoms with Crippen LogP contribution in [-0.4, -0.2) is 15.6 Å². The summed E-state index contributed by atoms with van der Waals surface area (Å²) >= 11 is 3.55. The summed E-state index contributed by atoms with van der Waals surface area (Å²) in [6.45, 7) is 2.00. The maximum atomic E-state index is 12.0. The van der Waals surface area contributed by atoms with Gasteiger partial charge in [0, 0.05) is 17.0 Å². The lowest BCUT2D eigenvalue weighted by Gasteiger charge is -2.10. The lowest BCUT2D eigenvalue weighted by Crippen LogP contribution is -2.18. The van der Waals surface area contributed by atoms with Gasteiger partial charge in [-0.15, -0.1) is 0 Å². The monoisotopic (exact) mass is 317 g/mol.